The van der Waals surface area contributed by atoms with Gasteiger partial charge in [-0.05, 0) is 48.7 Å². The number of hydrogen-bond donors (Lipinski definition) is 1. The maximum Gasteiger partial charge on any atom is 0.275 e. The predicted molar refractivity (Wildman–Crippen MR) is 104 cm³/mol. The van der Waals surface area contributed by atoms with Crippen LogP contribution < -0.4 is 15.1 Å². The number of amides is 1. The Morgan fingerprint density at radius 1 is 1.27 bits per heavy atom. The van der Waals surface area contributed by atoms with Crippen molar-refractivity contribution in [3.63, 3.8) is 0 Å². The molecule has 2 aromatic carbocycles. The van der Waals surface area contributed by atoms with Crippen LogP contribution in [0.1, 0.15) is 28.8 Å². The zero-order valence-electron chi connectivity index (χ0n) is 14.3. The minimum absolute atomic E-state index is 0.282. The third-order valence-electron chi connectivity index (χ3n) is 4.20. The number of rotatable bonds is 5. The Bertz CT molecular complexity index is 836. The first kappa shape index (κ1) is 18.4. The summed E-state index contributed by atoms with van der Waals surface area (Å²) >= 11 is 3.32. The summed E-state index contributed by atoms with van der Waals surface area (Å²) in [6.45, 7) is 1.77. The Balaban J connectivity index is 1.68. The highest BCUT2D eigenvalue weighted by atomic mass is 79.9. The largest absolute Gasteiger partial charge is 0.496 e. The van der Waals surface area contributed by atoms with E-state index in [2.05, 4.69) is 26.5 Å². The summed E-state index contributed by atoms with van der Waals surface area (Å²) < 4.78 is 20.2. The van der Waals surface area contributed by atoms with Gasteiger partial charge in [-0.2, -0.15) is 5.10 Å². The second-order valence-corrected chi connectivity index (χ2v) is 6.86. The van der Waals surface area contributed by atoms with E-state index in [1.54, 1.807) is 30.3 Å². The van der Waals surface area contributed by atoms with Crippen molar-refractivity contribution < 1.29 is 13.9 Å². The van der Waals surface area contributed by atoms with Crippen LogP contribution in [0.5, 0.6) is 5.75 Å². The molecule has 0 aromatic heterocycles. The van der Waals surface area contributed by atoms with Crippen molar-refractivity contribution in [3.05, 3.63) is 57.8 Å². The molecule has 26 heavy (non-hydrogen) atoms. The lowest BCUT2D eigenvalue weighted by Crippen LogP contribution is -2.19. The van der Waals surface area contributed by atoms with Crippen molar-refractivity contribution in [1.29, 1.82) is 0 Å². The number of hydrogen-bond acceptors (Lipinski definition) is 4. The lowest BCUT2D eigenvalue weighted by atomic mass is 10.2. The topological polar surface area (TPSA) is 53.9 Å². The van der Waals surface area contributed by atoms with Gasteiger partial charge in [0.25, 0.3) is 5.91 Å². The van der Waals surface area contributed by atoms with E-state index in [1.165, 1.54) is 19.4 Å². The average molecular weight is 420 g/mol. The number of methoxy groups -OCH3 is 1. The minimum atomic E-state index is -0.409. The molecule has 1 saturated heterocycles. The van der Waals surface area contributed by atoms with E-state index >= 15 is 0 Å². The standard InChI is InChI=1S/C19H19BrFN3O2/c1-26-18-7-5-14(20)11-15(18)19(25)23-22-12-13-4-6-17(16(21)10-13)24-8-2-3-9-24/h4-7,10-12H,2-3,8-9H2,1H3,(H,23,25)/b22-12-. The summed E-state index contributed by atoms with van der Waals surface area (Å²) in [5.74, 6) is -0.244. The molecular formula is C19H19BrFN3O2. The quantitative estimate of drug-likeness (QED) is 0.589. The van der Waals surface area contributed by atoms with Crippen LogP contribution in [0.25, 0.3) is 0 Å². The highest BCUT2D eigenvalue weighted by Crippen LogP contribution is 2.24. The summed E-state index contributed by atoms with van der Waals surface area (Å²) in [6.07, 6.45) is 3.60. The van der Waals surface area contributed by atoms with Gasteiger partial charge in [0.2, 0.25) is 0 Å². The van der Waals surface area contributed by atoms with Crippen LogP contribution in [0, 0.1) is 5.82 Å². The van der Waals surface area contributed by atoms with Crippen LogP contribution in [0.3, 0.4) is 0 Å². The number of nitrogens with one attached hydrogen (secondary N) is 1. The molecule has 0 saturated carbocycles. The monoisotopic (exact) mass is 419 g/mol. The van der Waals surface area contributed by atoms with E-state index in [1.807, 2.05) is 4.90 Å². The molecule has 1 heterocycles. The van der Waals surface area contributed by atoms with Crippen LogP contribution in [0.15, 0.2) is 46.0 Å². The molecule has 0 unspecified atom stereocenters. The van der Waals surface area contributed by atoms with Crippen LogP contribution in [0.2, 0.25) is 0 Å². The van der Waals surface area contributed by atoms with Gasteiger partial charge in [0.05, 0.1) is 24.6 Å². The summed E-state index contributed by atoms with van der Waals surface area (Å²) in [4.78, 5) is 14.3. The highest BCUT2D eigenvalue weighted by molar-refractivity contribution is 9.10. The van der Waals surface area contributed by atoms with E-state index in [4.69, 9.17) is 4.74 Å². The van der Waals surface area contributed by atoms with Crippen LogP contribution in [-0.4, -0.2) is 32.3 Å². The number of benzene rings is 2. The van der Waals surface area contributed by atoms with Gasteiger partial charge in [0.15, 0.2) is 0 Å². The molecule has 1 fully saturated rings. The van der Waals surface area contributed by atoms with Crippen LogP contribution >= 0.6 is 15.9 Å². The smallest absolute Gasteiger partial charge is 0.275 e. The van der Waals surface area contributed by atoms with E-state index in [0.29, 0.717) is 22.6 Å². The fourth-order valence-corrected chi connectivity index (χ4v) is 3.26. The number of halogens is 2. The molecule has 1 amide bonds. The minimum Gasteiger partial charge on any atom is -0.496 e. The van der Waals surface area contributed by atoms with Gasteiger partial charge in [0.1, 0.15) is 11.6 Å². The fourth-order valence-electron chi connectivity index (χ4n) is 2.90. The molecule has 0 radical (unpaired) electrons. The Morgan fingerprint density at radius 2 is 2.04 bits per heavy atom. The Kier molecular flexibility index (Phi) is 5.88. The van der Waals surface area contributed by atoms with Gasteiger partial charge in [0, 0.05) is 17.6 Å². The maximum absolute atomic E-state index is 14.3. The second-order valence-electron chi connectivity index (χ2n) is 5.95. The molecule has 0 atom stereocenters. The van der Waals surface area contributed by atoms with Crippen molar-refractivity contribution in [2.45, 2.75) is 12.8 Å². The van der Waals surface area contributed by atoms with Crippen LogP contribution in [-0.2, 0) is 0 Å². The fraction of sp³-hybridized carbons (Fsp3) is 0.263. The van der Waals surface area contributed by atoms with Gasteiger partial charge in [-0.1, -0.05) is 22.0 Å². The van der Waals surface area contributed by atoms with Crippen molar-refractivity contribution in [2.75, 3.05) is 25.1 Å². The summed E-state index contributed by atoms with van der Waals surface area (Å²) in [5, 5.41) is 3.92. The first-order chi connectivity index (χ1) is 12.6. The van der Waals surface area contributed by atoms with E-state index < -0.39 is 5.91 Å². The molecule has 136 valence electrons. The number of hydrazone groups is 1. The average Bonchev–Trinajstić information content (AvgIpc) is 3.16. The van der Waals surface area contributed by atoms with Gasteiger partial charge >= 0.3 is 0 Å². The number of nitrogens with zero attached hydrogens (tertiary/aromatic N) is 2. The van der Waals surface area contributed by atoms with Crippen molar-refractivity contribution in [1.82, 2.24) is 5.43 Å². The molecule has 0 aliphatic carbocycles. The molecule has 1 aliphatic rings. The van der Waals surface area contributed by atoms with Gasteiger partial charge < -0.3 is 9.64 Å². The highest BCUT2D eigenvalue weighted by Gasteiger charge is 2.16. The van der Waals surface area contributed by atoms with Crippen molar-refractivity contribution in [2.24, 2.45) is 5.10 Å². The second kappa shape index (κ2) is 8.31. The molecule has 5 nitrogen and oxygen atoms in total. The number of carbonyl (C=O) groups excluding carboxylic acids is 1. The molecule has 0 bridgehead atoms. The Morgan fingerprint density at radius 3 is 2.73 bits per heavy atom. The lowest BCUT2D eigenvalue weighted by Gasteiger charge is -2.18. The first-order valence-electron chi connectivity index (χ1n) is 8.30. The number of anilines is 1. The third-order valence-corrected chi connectivity index (χ3v) is 4.70. The first-order valence-corrected chi connectivity index (χ1v) is 9.09. The predicted octanol–water partition coefficient (Wildman–Crippen LogP) is 3.96. The van der Waals surface area contributed by atoms with E-state index in [0.717, 1.165) is 30.4 Å². The SMILES string of the molecule is COc1ccc(Br)cc1C(=O)N/N=C\c1ccc(N2CCCC2)c(F)c1. The summed E-state index contributed by atoms with van der Waals surface area (Å²) in [6, 6.07) is 10.1. The van der Waals surface area contributed by atoms with Gasteiger partial charge in [-0.3, -0.25) is 4.79 Å². The molecule has 3 rings (SSSR count). The van der Waals surface area contributed by atoms with Crippen molar-refractivity contribution >= 4 is 33.7 Å². The number of carbonyl (C=O) groups is 1. The molecular weight excluding hydrogens is 401 g/mol. The summed E-state index contributed by atoms with van der Waals surface area (Å²) in [5.41, 5.74) is 3.98. The molecule has 7 heteroatoms. The maximum atomic E-state index is 14.3. The third kappa shape index (κ3) is 4.22. The molecule has 0 spiro atoms. The molecule has 1 aliphatic heterocycles. The Labute approximate surface area is 160 Å². The zero-order chi connectivity index (χ0) is 18.5. The van der Waals surface area contributed by atoms with Gasteiger partial charge in [-0.15, -0.1) is 0 Å². The van der Waals surface area contributed by atoms with Crippen LogP contribution in [0.4, 0.5) is 10.1 Å². The lowest BCUT2D eigenvalue weighted by molar-refractivity contribution is 0.0952. The Hall–Kier alpha value is -2.41. The normalized spacial score (nSPS) is 14.0. The van der Waals surface area contributed by atoms with Crippen molar-refractivity contribution in [3.8, 4) is 5.75 Å². The van der Waals surface area contributed by atoms with E-state index in [-0.39, 0.29) is 5.82 Å². The molecule has 2 aromatic rings. The summed E-state index contributed by atoms with van der Waals surface area (Å²) in [7, 11) is 1.49. The number of ether oxygens (including phenoxy) is 1. The van der Waals surface area contributed by atoms with E-state index in [9.17, 15) is 9.18 Å². The van der Waals surface area contributed by atoms with Gasteiger partial charge in [-0.25, -0.2) is 9.82 Å². The zero-order valence-corrected chi connectivity index (χ0v) is 15.9. The molecule has 1 N–H and O–H groups in total.